The third kappa shape index (κ3) is 6.95. The first-order valence-electron chi connectivity index (χ1n) is 9.88. The topological polar surface area (TPSA) is 89.0 Å². The molecule has 0 aliphatic heterocycles. The Bertz CT molecular complexity index is 1090. The number of ether oxygens (including phenoxy) is 2. The Labute approximate surface area is 194 Å². The Morgan fingerprint density at radius 3 is 2.44 bits per heavy atom. The lowest BCUT2D eigenvalue weighted by Gasteiger charge is -2.10. The Kier molecular flexibility index (Phi) is 8.39. The van der Waals surface area contributed by atoms with Crippen molar-refractivity contribution in [1.82, 2.24) is 5.43 Å². The molecule has 0 fully saturated rings. The number of carbonyl (C=O) groups is 2. The molecule has 0 unspecified atom stereocenters. The van der Waals surface area contributed by atoms with Crippen LogP contribution in [0.15, 0.2) is 82.4 Å². The van der Waals surface area contributed by atoms with Crippen molar-refractivity contribution < 1.29 is 19.1 Å². The van der Waals surface area contributed by atoms with Gasteiger partial charge in [-0.3, -0.25) is 9.59 Å². The third-order valence-corrected chi connectivity index (χ3v) is 4.70. The van der Waals surface area contributed by atoms with E-state index in [1.165, 1.54) is 6.21 Å². The van der Waals surface area contributed by atoms with Gasteiger partial charge in [0.05, 0.1) is 12.8 Å². The van der Waals surface area contributed by atoms with Crippen LogP contribution in [0, 0.1) is 0 Å². The zero-order valence-corrected chi connectivity index (χ0v) is 19.0. The molecule has 0 bridgehead atoms. The van der Waals surface area contributed by atoms with E-state index in [0.29, 0.717) is 36.0 Å². The maximum Gasteiger partial charge on any atom is 0.329 e. The fourth-order valence-corrected chi connectivity index (χ4v) is 3.07. The maximum atomic E-state index is 12.1. The highest BCUT2D eigenvalue weighted by molar-refractivity contribution is 9.10. The molecule has 3 aromatic rings. The van der Waals surface area contributed by atoms with Gasteiger partial charge in [0, 0.05) is 15.7 Å². The Morgan fingerprint density at radius 2 is 1.72 bits per heavy atom. The van der Waals surface area contributed by atoms with Crippen LogP contribution in [0.4, 0.5) is 5.69 Å². The lowest BCUT2D eigenvalue weighted by atomic mass is 10.2. The van der Waals surface area contributed by atoms with Crippen molar-refractivity contribution in [3.63, 3.8) is 0 Å². The third-order valence-electron chi connectivity index (χ3n) is 4.21. The predicted octanol–water partition coefficient (Wildman–Crippen LogP) is 4.52. The van der Waals surface area contributed by atoms with Crippen LogP contribution in [-0.4, -0.2) is 24.6 Å². The molecule has 32 heavy (non-hydrogen) atoms. The zero-order valence-electron chi connectivity index (χ0n) is 17.4. The highest BCUT2D eigenvalue weighted by atomic mass is 79.9. The van der Waals surface area contributed by atoms with Crippen LogP contribution in [0.1, 0.15) is 18.1 Å². The van der Waals surface area contributed by atoms with Gasteiger partial charge in [0.15, 0.2) is 0 Å². The van der Waals surface area contributed by atoms with E-state index in [-0.39, 0.29) is 0 Å². The second kappa shape index (κ2) is 11.7. The van der Waals surface area contributed by atoms with Gasteiger partial charge >= 0.3 is 11.8 Å². The van der Waals surface area contributed by atoms with Gasteiger partial charge in [-0.05, 0) is 55.0 Å². The van der Waals surface area contributed by atoms with Crippen molar-refractivity contribution in [2.45, 2.75) is 13.5 Å². The largest absolute Gasteiger partial charge is 0.494 e. The van der Waals surface area contributed by atoms with Gasteiger partial charge in [-0.2, -0.15) is 5.10 Å². The second-order valence-corrected chi connectivity index (χ2v) is 7.48. The molecule has 0 aliphatic rings. The molecule has 0 aromatic heterocycles. The first-order valence-corrected chi connectivity index (χ1v) is 10.7. The fraction of sp³-hybridized carbons (Fsp3) is 0.125. The molecular weight excluding hydrogens is 474 g/mol. The van der Waals surface area contributed by atoms with E-state index in [1.54, 1.807) is 36.4 Å². The molecule has 0 atom stereocenters. The summed E-state index contributed by atoms with van der Waals surface area (Å²) in [6, 6.07) is 21.9. The number of rotatable bonds is 8. The summed E-state index contributed by atoms with van der Waals surface area (Å²) in [4.78, 5) is 24.2. The van der Waals surface area contributed by atoms with Gasteiger partial charge < -0.3 is 14.8 Å². The molecular formula is C24H22BrN3O4. The van der Waals surface area contributed by atoms with Gasteiger partial charge in [0.1, 0.15) is 18.1 Å². The summed E-state index contributed by atoms with van der Waals surface area (Å²) >= 11 is 3.41. The highest BCUT2D eigenvalue weighted by Crippen LogP contribution is 2.23. The van der Waals surface area contributed by atoms with Crippen molar-refractivity contribution in [2.24, 2.45) is 5.10 Å². The monoisotopic (exact) mass is 495 g/mol. The van der Waals surface area contributed by atoms with Crippen molar-refractivity contribution in [1.29, 1.82) is 0 Å². The molecule has 0 heterocycles. The summed E-state index contributed by atoms with van der Waals surface area (Å²) in [5, 5.41) is 6.40. The number of hydrogen-bond acceptors (Lipinski definition) is 5. The van der Waals surface area contributed by atoms with Crippen molar-refractivity contribution in [2.75, 3.05) is 11.9 Å². The van der Waals surface area contributed by atoms with E-state index in [4.69, 9.17) is 9.47 Å². The van der Waals surface area contributed by atoms with Gasteiger partial charge in [-0.1, -0.05) is 46.3 Å². The van der Waals surface area contributed by atoms with Crippen molar-refractivity contribution in [3.05, 3.63) is 88.4 Å². The van der Waals surface area contributed by atoms with Crippen LogP contribution >= 0.6 is 15.9 Å². The van der Waals surface area contributed by atoms with E-state index >= 15 is 0 Å². The highest BCUT2D eigenvalue weighted by Gasteiger charge is 2.13. The van der Waals surface area contributed by atoms with E-state index in [0.717, 1.165) is 10.0 Å². The number of hydrazone groups is 1. The molecule has 164 valence electrons. The zero-order chi connectivity index (χ0) is 22.8. The smallest absolute Gasteiger partial charge is 0.329 e. The first kappa shape index (κ1) is 23.0. The molecule has 0 saturated heterocycles. The molecule has 0 radical (unpaired) electrons. The molecule has 0 saturated carbocycles. The van der Waals surface area contributed by atoms with Crippen LogP contribution in [0.5, 0.6) is 11.5 Å². The lowest BCUT2D eigenvalue weighted by molar-refractivity contribution is -0.136. The van der Waals surface area contributed by atoms with E-state index in [1.807, 2.05) is 43.3 Å². The molecule has 3 aromatic carbocycles. The van der Waals surface area contributed by atoms with Crippen LogP contribution in [-0.2, 0) is 16.2 Å². The van der Waals surface area contributed by atoms with Crippen molar-refractivity contribution in [3.8, 4) is 11.5 Å². The second-order valence-electron chi connectivity index (χ2n) is 6.57. The van der Waals surface area contributed by atoms with Crippen LogP contribution < -0.4 is 20.2 Å². The number of halogens is 1. The average Bonchev–Trinajstić information content (AvgIpc) is 2.80. The Hall–Kier alpha value is -3.65. The predicted molar refractivity (Wildman–Crippen MR) is 127 cm³/mol. The number of amides is 2. The number of nitrogens with zero attached hydrogens (tertiary/aromatic N) is 1. The minimum Gasteiger partial charge on any atom is -0.494 e. The molecule has 2 N–H and O–H groups in total. The molecule has 0 spiro atoms. The van der Waals surface area contributed by atoms with Gasteiger partial charge in [-0.25, -0.2) is 5.43 Å². The molecule has 2 amide bonds. The van der Waals surface area contributed by atoms with Crippen LogP contribution in [0.2, 0.25) is 0 Å². The first-order chi connectivity index (χ1) is 15.5. The quantitative estimate of drug-likeness (QED) is 0.273. The number of hydrogen-bond donors (Lipinski definition) is 2. The molecule has 8 heteroatoms. The lowest BCUT2D eigenvalue weighted by Crippen LogP contribution is -2.32. The van der Waals surface area contributed by atoms with Gasteiger partial charge in [-0.15, -0.1) is 0 Å². The minimum atomic E-state index is -0.892. The van der Waals surface area contributed by atoms with Crippen molar-refractivity contribution >= 4 is 39.6 Å². The maximum absolute atomic E-state index is 12.1. The fourth-order valence-electron chi connectivity index (χ4n) is 2.69. The standard InChI is InChI=1S/C24H22BrN3O4/c1-2-31-21-11-9-20(10-12-21)27-23(29)24(30)28-26-15-18-14-19(25)8-13-22(18)32-16-17-6-4-3-5-7-17/h3-15H,2,16H2,1H3,(H,27,29)(H,28,30)/b26-15-. The normalized spacial score (nSPS) is 10.6. The van der Waals surface area contributed by atoms with Crippen LogP contribution in [0.25, 0.3) is 0 Å². The Morgan fingerprint density at radius 1 is 0.969 bits per heavy atom. The summed E-state index contributed by atoms with van der Waals surface area (Å²) in [5.74, 6) is -0.453. The van der Waals surface area contributed by atoms with E-state index < -0.39 is 11.8 Å². The summed E-state index contributed by atoms with van der Waals surface area (Å²) in [5.41, 5.74) is 4.37. The summed E-state index contributed by atoms with van der Waals surface area (Å²) < 4.78 is 12.0. The molecule has 3 rings (SSSR count). The summed E-state index contributed by atoms with van der Waals surface area (Å²) in [7, 11) is 0. The van der Waals surface area contributed by atoms with E-state index in [2.05, 4.69) is 31.8 Å². The number of anilines is 1. The van der Waals surface area contributed by atoms with Gasteiger partial charge in [0.25, 0.3) is 0 Å². The van der Waals surface area contributed by atoms with Crippen LogP contribution in [0.3, 0.4) is 0 Å². The Balaban J connectivity index is 1.57. The van der Waals surface area contributed by atoms with Gasteiger partial charge in [0.2, 0.25) is 0 Å². The SMILES string of the molecule is CCOc1ccc(NC(=O)C(=O)N/N=C\c2cc(Br)ccc2OCc2ccccc2)cc1. The molecule has 0 aliphatic carbocycles. The number of nitrogens with one attached hydrogen (secondary N) is 2. The summed E-state index contributed by atoms with van der Waals surface area (Å²) in [6.45, 7) is 2.82. The minimum absolute atomic E-state index is 0.389. The molecule has 7 nitrogen and oxygen atoms in total. The number of carbonyl (C=O) groups excluding carboxylic acids is 2. The van der Waals surface area contributed by atoms with E-state index in [9.17, 15) is 9.59 Å². The summed E-state index contributed by atoms with van der Waals surface area (Å²) in [6.07, 6.45) is 1.42. The average molecular weight is 496 g/mol. The number of benzene rings is 3.